The Bertz CT molecular complexity index is 829. The molecule has 1 aromatic carbocycles. The molecule has 1 aliphatic heterocycles. The van der Waals surface area contributed by atoms with Crippen molar-refractivity contribution in [2.24, 2.45) is 0 Å². The number of carbonyl (C=O) groups excluding carboxylic acids is 2. The summed E-state index contributed by atoms with van der Waals surface area (Å²) in [5, 5.41) is 21.5. The van der Waals surface area contributed by atoms with Crippen LogP contribution in [-0.2, 0) is 16.0 Å². The molecule has 1 fully saturated rings. The van der Waals surface area contributed by atoms with E-state index in [0.29, 0.717) is 23.7 Å². The van der Waals surface area contributed by atoms with Crippen molar-refractivity contribution in [1.29, 1.82) is 5.26 Å². The second kappa shape index (κ2) is 9.13. The zero-order valence-electron chi connectivity index (χ0n) is 16.5. The number of thioether (sulfide) groups is 1. The van der Waals surface area contributed by atoms with Gasteiger partial charge in [-0.1, -0.05) is 23.9 Å². The van der Waals surface area contributed by atoms with Crippen molar-refractivity contribution in [2.45, 2.75) is 38.0 Å². The number of benzene rings is 1. The van der Waals surface area contributed by atoms with E-state index in [1.165, 1.54) is 16.7 Å². The fraction of sp³-hybridized carbons (Fsp3) is 0.450. The molecule has 8 heteroatoms. The summed E-state index contributed by atoms with van der Waals surface area (Å²) in [5.74, 6) is -0.0241. The van der Waals surface area contributed by atoms with Crippen molar-refractivity contribution >= 4 is 23.6 Å². The molecule has 1 saturated heterocycles. The predicted octanol–water partition coefficient (Wildman–Crippen LogP) is 1.82. The van der Waals surface area contributed by atoms with E-state index < -0.39 is 16.7 Å². The lowest BCUT2D eigenvalue weighted by Gasteiger charge is -2.24. The minimum absolute atomic E-state index is 0.116. The maximum atomic E-state index is 12.8. The van der Waals surface area contributed by atoms with Gasteiger partial charge in [0.2, 0.25) is 5.91 Å². The molecule has 7 nitrogen and oxygen atoms in total. The second-order valence-corrected chi connectivity index (χ2v) is 8.22. The van der Waals surface area contributed by atoms with E-state index in [2.05, 4.69) is 5.32 Å². The molecule has 0 spiro atoms. The van der Waals surface area contributed by atoms with Gasteiger partial charge in [0.25, 0.3) is 5.91 Å². The number of methoxy groups -OCH3 is 1. The molecule has 28 heavy (non-hydrogen) atoms. The molecule has 0 unspecified atom stereocenters. The molecule has 0 aliphatic carbocycles. The lowest BCUT2D eigenvalue weighted by Crippen LogP contribution is -2.47. The van der Waals surface area contributed by atoms with Gasteiger partial charge in [-0.05, 0) is 44.9 Å². The molecule has 0 saturated carbocycles. The molecular formula is C20H25N3O4S. The van der Waals surface area contributed by atoms with Crippen LogP contribution in [0.1, 0.15) is 26.3 Å². The van der Waals surface area contributed by atoms with E-state index in [1.807, 2.05) is 30.3 Å². The van der Waals surface area contributed by atoms with Gasteiger partial charge in [-0.2, -0.15) is 5.26 Å². The fourth-order valence-electron chi connectivity index (χ4n) is 2.76. The van der Waals surface area contributed by atoms with Crippen LogP contribution < -0.4 is 10.1 Å². The molecule has 150 valence electrons. The van der Waals surface area contributed by atoms with Crippen LogP contribution in [0.15, 0.2) is 34.9 Å². The molecule has 1 aliphatic rings. The quantitative estimate of drug-likeness (QED) is 0.532. The van der Waals surface area contributed by atoms with Crippen molar-refractivity contribution in [3.63, 3.8) is 0 Å². The number of carbonyl (C=O) groups is 2. The lowest BCUT2D eigenvalue weighted by molar-refractivity contribution is -0.127. The summed E-state index contributed by atoms with van der Waals surface area (Å²) >= 11 is 1.22. The summed E-state index contributed by atoms with van der Waals surface area (Å²) < 4.78 is 5.23. The highest BCUT2D eigenvalue weighted by Gasteiger charge is 2.39. The van der Waals surface area contributed by atoms with Gasteiger partial charge < -0.3 is 20.1 Å². The number of aliphatic hydroxyl groups excluding tert-OH is 1. The number of nitrogens with one attached hydrogen (secondary N) is 1. The van der Waals surface area contributed by atoms with Crippen LogP contribution in [0.25, 0.3) is 0 Å². The van der Waals surface area contributed by atoms with Crippen LogP contribution in [0.2, 0.25) is 0 Å². The van der Waals surface area contributed by atoms with E-state index in [9.17, 15) is 20.0 Å². The molecule has 0 aromatic heterocycles. The molecule has 2 amide bonds. The number of hydrogen-bond acceptors (Lipinski definition) is 6. The van der Waals surface area contributed by atoms with Crippen molar-refractivity contribution in [3.05, 3.63) is 40.4 Å². The molecule has 1 atom stereocenters. The van der Waals surface area contributed by atoms with Gasteiger partial charge in [0.05, 0.1) is 24.5 Å². The third kappa shape index (κ3) is 4.86. The minimum atomic E-state index is -0.871. The van der Waals surface area contributed by atoms with Crippen molar-refractivity contribution in [2.75, 3.05) is 20.3 Å². The van der Waals surface area contributed by atoms with Gasteiger partial charge in [-0.15, -0.1) is 0 Å². The van der Waals surface area contributed by atoms with Crippen LogP contribution in [0.3, 0.4) is 0 Å². The van der Waals surface area contributed by atoms with Crippen LogP contribution >= 0.6 is 11.8 Å². The van der Waals surface area contributed by atoms with Gasteiger partial charge in [-0.25, -0.2) is 0 Å². The molecule has 2 N–H and O–H groups in total. The van der Waals surface area contributed by atoms with Gasteiger partial charge in [0.15, 0.2) is 0 Å². The van der Waals surface area contributed by atoms with E-state index in [4.69, 9.17) is 4.74 Å². The fourth-order valence-corrected chi connectivity index (χ4v) is 4.14. The summed E-state index contributed by atoms with van der Waals surface area (Å²) in [5.41, 5.74) is -0.0499. The molecule has 1 aromatic rings. The largest absolute Gasteiger partial charge is 0.497 e. The van der Waals surface area contributed by atoms with Gasteiger partial charge in [0, 0.05) is 6.54 Å². The Morgan fingerprint density at radius 1 is 1.46 bits per heavy atom. The summed E-state index contributed by atoms with van der Waals surface area (Å²) in [6.45, 7) is 5.20. The zero-order chi connectivity index (χ0) is 20.9. The second-order valence-electron chi connectivity index (χ2n) is 7.03. The smallest absolute Gasteiger partial charge is 0.265 e. The maximum Gasteiger partial charge on any atom is 0.265 e. The van der Waals surface area contributed by atoms with Gasteiger partial charge in [-0.3, -0.25) is 9.59 Å². The first-order valence-electron chi connectivity index (χ1n) is 8.95. The number of aliphatic hydroxyl groups is 1. The first kappa shape index (κ1) is 21.8. The van der Waals surface area contributed by atoms with Crippen molar-refractivity contribution in [1.82, 2.24) is 10.2 Å². The summed E-state index contributed by atoms with van der Waals surface area (Å²) in [7, 11) is 1.58. The standard InChI is InChI=1S/C20H25N3O4S/c1-5-23-18(26)16(10-13-7-6-8-14(9-13)27-4)28-19(23)15(11-21)17(25)22-20(2,3)12-24/h6-9,16,24H,5,10,12H2,1-4H3,(H,22,25)/b19-15-/t16-/m1/s1. The van der Waals surface area contributed by atoms with Crippen molar-refractivity contribution in [3.8, 4) is 11.8 Å². The number of nitriles is 1. The van der Waals surface area contributed by atoms with E-state index in [0.717, 1.165) is 5.56 Å². The Morgan fingerprint density at radius 2 is 2.18 bits per heavy atom. The van der Waals surface area contributed by atoms with Gasteiger partial charge in [0.1, 0.15) is 22.4 Å². The van der Waals surface area contributed by atoms with Crippen LogP contribution in [0, 0.1) is 11.3 Å². The third-order valence-corrected chi connectivity index (χ3v) is 5.61. The van der Waals surface area contributed by atoms with E-state index in [-0.39, 0.29) is 18.1 Å². The SMILES string of the molecule is CCN1C(=O)[C@@H](Cc2cccc(OC)c2)S/C1=C(/C#N)C(=O)NC(C)(C)CO. The first-order valence-corrected chi connectivity index (χ1v) is 9.83. The Balaban J connectivity index is 2.31. The Labute approximate surface area is 169 Å². The summed E-state index contributed by atoms with van der Waals surface area (Å²) in [4.78, 5) is 26.9. The number of hydrogen-bond donors (Lipinski definition) is 2. The highest BCUT2D eigenvalue weighted by atomic mass is 32.2. The summed E-state index contributed by atoms with van der Waals surface area (Å²) in [6.07, 6.45) is 0.461. The lowest BCUT2D eigenvalue weighted by atomic mass is 10.1. The van der Waals surface area contributed by atoms with E-state index >= 15 is 0 Å². The zero-order valence-corrected chi connectivity index (χ0v) is 17.3. The Morgan fingerprint density at radius 3 is 2.75 bits per heavy atom. The predicted molar refractivity (Wildman–Crippen MR) is 107 cm³/mol. The third-order valence-electron chi connectivity index (χ3n) is 4.31. The average Bonchev–Trinajstić information content (AvgIpc) is 2.97. The Hall–Kier alpha value is -2.50. The van der Waals surface area contributed by atoms with Crippen LogP contribution in [0.4, 0.5) is 0 Å². The number of nitrogens with zero attached hydrogens (tertiary/aromatic N) is 2. The normalized spacial score (nSPS) is 18.6. The molecular weight excluding hydrogens is 378 g/mol. The molecule has 0 radical (unpaired) electrons. The topological polar surface area (TPSA) is 103 Å². The Kier molecular flexibility index (Phi) is 7.11. The van der Waals surface area contributed by atoms with Gasteiger partial charge >= 0.3 is 0 Å². The summed E-state index contributed by atoms with van der Waals surface area (Å²) in [6, 6.07) is 9.40. The minimum Gasteiger partial charge on any atom is -0.497 e. The van der Waals surface area contributed by atoms with E-state index in [1.54, 1.807) is 27.9 Å². The van der Waals surface area contributed by atoms with Crippen LogP contribution in [0.5, 0.6) is 5.75 Å². The maximum absolute atomic E-state index is 12.8. The number of rotatable bonds is 7. The van der Waals surface area contributed by atoms with Crippen molar-refractivity contribution < 1.29 is 19.4 Å². The number of ether oxygens (including phenoxy) is 1. The average molecular weight is 404 g/mol. The highest BCUT2D eigenvalue weighted by Crippen LogP contribution is 2.39. The monoisotopic (exact) mass is 403 g/mol. The molecule has 1 heterocycles. The molecule has 2 rings (SSSR count). The first-order chi connectivity index (χ1) is 13.3. The van der Waals surface area contributed by atoms with Crippen LogP contribution in [-0.4, -0.2) is 52.9 Å². The molecule has 0 bridgehead atoms. The number of amides is 2. The highest BCUT2D eigenvalue weighted by molar-refractivity contribution is 8.04.